The van der Waals surface area contributed by atoms with Crippen LogP contribution in [0.1, 0.15) is 37.9 Å². The van der Waals surface area contributed by atoms with Gasteiger partial charge in [-0.2, -0.15) is 4.98 Å². The van der Waals surface area contributed by atoms with Gasteiger partial charge in [0.2, 0.25) is 5.88 Å². The van der Waals surface area contributed by atoms with E-state index < -0.39 is 40.0 Å². The molecular formula is C26H26ClF2N5O4. The molecule has 0 aliphatic carbocycles. The standard InChI is InChI=1S/C26H26ClF2N5O4/c1-14(2)20(11-21(30-6)33-9-7-8-17(24(33)35)26(4,5)37)34-15(3)32-23(22(27)25(34)36)38-13-19-18(29)10-16(28)12-31-19/h7-12,37H,1,13H2,2-6H3/b20-11+,30-21+. The van der Waals surface area contributed by atoms with Crippen LogP contribution >= 0.6 is 11.6 Å². The van der Waals surface area contributed by atoms with Crippen molar-refractivity contribution in [3.63, 3.8) is 0 Å². The molecule has 12 heteroatoms. The summed E-state index contributed by atoms with van der Waals surface area (Å²) in [6.45, 7) is 9.62. The zero-order valence-corrected chi connectivity index (χ0v) is 22.2. The molecule has 3 heterocycles. The summed E-state index contributed by atoms with van der Waals surface area (Å²) in [5.74, 6) is -1.74. The number of aliphatic imine (C=N–C) groups is 1. The molecule has 200 valence electrons. The number of hydrogen-bond acceptors (Lipinski definition) is 7. The van der Waals surface area contributed by atoms with E-state index in [1.165, 1.54) is 55.3 Å². The molecule has 0 unspecified atom stereocenters. The first-order chi connectivity index (χ1) is 17.8. The van der Waals surface area contributed by atoms with Gasteiger partial charge in [0.1, 0.15) is 29.8 Å². The second-order valence-corrected chi connectivity index (χ2v) is 9.22. The van der Waals surface area contributed by atoms with Gasteiger partial charge in [0, 0.05) is 31.0 Å². The number of nitrogens with zero attached hydrogens (tertiary/aromatic N) is 5. The van der Waals surface area contributed by atoms with E-state index in [-0.39, 0.29) is 34.5 Å². The number of pyridine rings is 2. The highest BCUT2D eigenvalue weighted by molar-refractivity contribution is 6.31. The Labute approximate surface area is 222 Å². The maximum absolute atomic E-state index is 13.9. The van der Waals surface area contributed by atoms with E-state index in [1.54, 1.807) is 13.0 Å². The van der Waals surface area contributed by atoms with E-state index >= 15 is 0 Å². The largest absolute Gasteiger partial charge is 0.470 e. The number of ether oxygens (including phenoxy) is 1. The van der Waals surface area contributed by atoms with Gasteiger partial charge < -0.3 is 9.84 Å². The SMILES string of the molecule is C=C(C)/C(=C\C(=N/C)n1cccc(C(C)(C)O)c1=O)n1c(C)nc(OCc2ncc(F)cc2F)c(Cl)c1=O. The molecule has 0 fully saturated rings. The summed E-state index contributed by atoms with van der Waals surface area (Å²) in [6.07, 6.45) is 3.77. The lowest BCUT2D eigenvalue weighted by molar-refractivity contribution is 0.0768. The van der Waals surface area contributed by atoms with E-state index in [0.717, 1.165) is 6.20 Å². The molecule has 0 saturated heterocycles. The highest BCUT2D eigenvalue weighted by atomic mass is 35.5. The number of rotatable bonds is 7. The number of aryl methyl sites for hydroxylation is 1. The van der Waals surface area contributed by atoms with Crippen molar-refractivity contribution in [1.82, 2.24) is 19.1 Å². The summed E-state index contributed by atoms with van der Waals surface area (Å²) in [5.41, 5.74) is -2.00. The van der Waals surface area contributed by atoms with Crippen molar-refractivity contribution < 1.29 is 18.6 Å². The molecule has 3 aromatic heterocycles. The Bertz CT molecular complexity index is 1590. The fourth-order valence-electron chi connectivity index (χ4n) is 3.53. The molecule has 3 rings (SSSR count). The highest BCUT2D eigenvalue weighted by Crippen LogP contribution is 2.23. The topological polar surface area (TPSA) is 112 Å². The molecule has 0 aliphatic heterocycles. The summed E-state index contributed by atoms with van der Waals surface area (Å²) in [7, 11) is 1.46. The first kappa shape index (κ1) is 28.6. The van der Waals surface area contributed by atoms with Crippen LogP contribution in [-0.4, -0.2) is 37.1 Å². The predicted octanol–water partition coefficient (Wildman–Crippen LogP) is 3.84. The second kappa shape index (κ2) is 11.2. The minimum Gasteiger partial charge on any atom is -0.470 e. The van der Waals surface area contributed by atoms with Crippen molar-refractivity contribution in [2.75, 3.05) is 7.05 Å². The zero-order valence-electron chi connectivity index (χ0n) is 21.4. The molecule has 9 nitrogen and oxygen atoms in total. The number of allylic oxidation sites excluding steroid dienone is 3. The fourth-order valence-corrected chi connectivity index (χ4v) is 3.71. The van der Waals surface area contributed by atoms with Crippen molar-refractivity contribution in [3.05, 3.63) is 103 Å². The van der Waals surface area contributed by atoms with Crippen LogP contribution < -0.4 is 15.9 Å². The van der Waals surface area contributed by atoms with E-state index in [1.807, 2.05) is 0 Å². The number of halogens is 3. The maximum Gasteiger partial charge on any atom is 0.280 e. The Balaban J connectivity index is 2.08. The average Bonchev–Trinajstić information content (AvgIpc) is 2.83. The molecule has 0 saturated carbocycles. The van der Waals surface area contributed by atoms with Crippen molar-refractivity contribution in [1.29, 1.82) is 0 Å². The smallest absolute Gasteiger partial charge is 0.280 e. The Kier molecular flexibility index (Phi) is 8.43. The Hall–Kier alpha value is -3.96. The average molecular weight is 546 g/mol. The van der Waals surface area contributed by atoms with Crippen LogP contribution in [0.3, 0.4) is 0 Å². The lowest BCUT2D eigenvalue weighted by Gasteiger charge is -2.19. The molecule has 0 aliphatic rings. The number of hydrogen-bond donors (Lipinski definition) is 1. The van der Waals surface area contributed by atoms with Crippen LogP contribution in [0.2, 0.25) is 5.02 Å². The maximum atomic E-state index is 13.9. The van der Waals surface area contributed by atoms with Gasteiger partial charge in [-0.3, -0.25) is 28.7 Å². The van der Waals surface area contributed by atoms with Gasteiger partial charge in [0.25, 0.3) is 11.1 Å². The lowest BCUT2D eigenvalue weighted by Crippen LogP contribution is -2.34. The van der Waals surface area contributed by atoms with Gasteiger partial charge in [-0.1, -0.05) is 18.2 Å². The summed E-state index contributed by atoms with van der Waals surface area (Å²) >= 11 is 6.27. The third-order valence-corrected chi connectivity index (χ3v) is 5.74. The molecular weight excluding hydrogens is 520 g/mol. The minimum absolute atomic E-state index is 0.143. The Morgan fingerprint density at radius 3 is 2.58 bits per heavy atom. The van der Waals surface area contributed by atoms with Crippen LogP contribution in [0.5, 0.6) is 5.88 Å². The Morgan fingerprint density at radius 1 is 1.32 bits per heavy atom. The Morgan fingerprint density at radius 2 is 2.00 bits per heavy atom. The lowest BCUT2D eigenvalue weighted by atomic mass is 10.0. The van der Waals surface area contributed by atoms with E-state index in [4.69, 9.17) is 16.3 Å². The van der Waals surface area contributed by atoms with Crippen LogP contribution in [0, 0.1) is 18.6 Å². The van der Waals surface area contributed by atoms with Crippen molar-refractivity contribution >= 4 is 23.1 Å². The van der Waals surface area contributed by atoms with E-state index in [2.05, 4.69) is 21.5 Å². The molecule has 0 atom stereocenters. The van der Waals surface area contributed by atoms with Gasteiger partial charge in [0.05, 0.1) is 17.5 Å². The molecule has 38 heavy (non-hydrogen) atoms. The van der Waals surface area contributed by atoms with E-state index in [0.29, 0.717) is 11.6 Å². The van der Waals surface area contributed by atoms with Crippen molar-refractivity contribution in [2.45, 2.75) is 39.9 Å². The summed E-state index contributed by atoms with van der Waals surface area (Å²) in [5, 5.41) is 9.96. The molecule has 0 aromatic carbocycles. The zero-order chi connectivity index (χ0) is 28.4. The summed E-state index contributed by atoms with van der Waals surface area (Å²) in [4.78, 5) is 38.4. The van der Waals surface area contributed by atoms with Crippen molar-refractivity contribution in [3.8, 4) is 5.88 Å². The molecule has 0 amide bonds. The fraction of sp³-hybridized carbons (Fsp3) is 0.269. The van der Waals surface area contributed by atoms with Crippen LogP contribution in [0.4, 0.5) is 8.78 Å². The highest BCUT2D eigenvalue weighted by Gasteiger charge is 2.23. The minimum atomic E-state index is -1.40. The first-order valence-corrected chi connectivity index (χ1v) is 11.7. The van der Waals surface area contributed by atoms with Crippen molar-refractivity contribution in [2.24, 2.45) is 4.99 Å². The van der Waals surface area contributed by atoms with Crippen LogP contribution in [0.25, 0.3) is 5.70 Å². The van der Waals surface area contributed by atoms with Gasteiger partial charge in [-0.05, 0) is 45.4 Å². The first-order valence-electron chi connectivity index (χ1n) is 11.3. The number of aliphatic hydroxyl groups is 1. The summed E-state index contributed by atoms with van der Waals surface area (Å²) in [6, 6.07) is 3.76. The normalized spacial score (nSPS) is 12.6. The van der Waals surface area contributed by atoms with Gasteiger partial charge >= 0.3 is 0 Å². The molecule has 0 bridgehead atoms. The quantitative estimate of drug-likeness (QED) is 0.274. The van der Waals surface area contributed by atoms with Crippen LogP contribution in [-0.2, 0) is 12.2 Å². The second-order valence-electron chi connectivity index (χ2n) is 8.84. The predicted molar refractivity (Wildman–Crippen MR) is 141 cm³/mol. The third-order valence-electron chi connectivity index (χ3n) is 5.42. The molecule has 0 radical (unpaired) electrons. The third kappa shape index (κ3) is 5.95. The monoisotopic (exact) mass is 545 g/mol. The molecule has 3 aromatic rings. The molecule has 0 spiro atoms. The number of aromatic nitrogens is 4. The van der Waals surface area contributed by atoms with E-state index in [9.17, 15) is 23.5 Å². The van der Waals surface area contributed by atoms with Crippen LogP contribution in [0.15, 0.2) is 63.4 Å². The van der Waals surface area contributed by atoms with Gasteiger partial charge in [-0.15, -0.1) is 0 Å². The summed E-state index contributed by atoms with van der Waals surface area (Å²) < 4.78 is 34.8. The molecule has 1 N–H and O–H groups in total. The van der Waals surface area contributed by atoms with Gasteiger partial charge in [0.15, 0.2) is 10.8 Å². The van der Waals surface area contributed by atoms with Gasteiger partial charge in [-0.25, -0.2) is 8.78 Å².